The molecular weight excluding hydrogens is 214 g/mol. The fourth-order valence-corrected chi connectivity index (χ4v) is 2.17. The summed E-state index contributed by atoms with van der Waals surface area (Å²) in [5.41, 5.74) is 1.78. The summed E-state index contributed by atoms with van der Waals surface area (Å²) in [5, 5.41) is 12.1. The van der Waals surface area contributed by atoms with Crippen molar-refractivity contribution in [3.8, 4) is 6.19 Å². The third-order valence-corrected chi connectivity index (χ3v) is 2.98. The summed E-state index contributed by atoms with van der Waals surface area (Å²) in [6.07, 6.45) is 2.12. The van der Waals surface area contributed by atoms with Crippen LogP contribution in [0.4, 0.5) is 5.69 Å². The van der Waals surface area contributed by atoms with Gasteiger partial charge in [0.25, 0.3) is 0 Å². The molecule has 0 spiro atoms. The third kappa shape index (κ3) is 2.09. The topological polar surface area (TPSA) is 56.1 Å². The van der Waals surface area contributed by atoms with E-state index in [0.717, 1.165) is 11.3 Å². The predicted molar refractivity (Wildman–Crippen MR) is 64.9 cm³/mol. The zero-order valence-electron chi connectivity index (χ0n) is 9.97. The van der Waals surface area contributed by atoms with Gasteiger partial charge in [-0.1, -0.05) is 32.0 Å². The fraction of sp³-hybridized carbons (Fsp3) is 0.385. The maximum atomic E-state index is 12.1. The van der Waals surface area contributed by atoms with Gasteiger partial charge < -0.3 is 5.32 Å². The Kier molecular flexibility index (Phi) is 3.01. The Morgan fingerprint density at radius 3 is 2.82 bits per heavy atom. The Hall–Kier alpha value is -2.02. The van der Waals surface area contributed by atoms with E-state index in [-0.39, 0.29) is 11.8 Å². The lowest BCUT2D eigenvalue weighted by molar-refractivity contribution is -0.121. The number of benzene rings is 1. The van der Waals surface area contributed by atoms with Gasteiger partial charge in [-0.15, -0.1) is 0 Å². The number of hydrogen-bond donors (Lipinski definition) is 1. The molecule has 0 aliphatic carbocycles. The first-order valence-corrected chi connectivity index (χ1v) is 5.68. The number of nitriles is 1. The standard InChI is InChI=1S/C13H15N3O/c1-9(2)12-13(17)15-11-6-4-3-5-10(11)7-16(12)8-14/h3-6,9,12H,7H2,1-2H3,(H,15,17). The lowest BCUT2D eigenvalue weighted by Gasteiger charge is -2.25. The smallest absolute Gasteiger partial charge is 0.248 e. The summed E-state index contributed by atoms with van der Waals surface area (Å²) in [7, 11) is 0. The van der Waals surface area contributed by atoms with Gasteiger partial charge in [0.2, 0.25) is 5.91 Å². The van der Waals surface area contributed by atoms with Gasteiger partial charge in [-0.2, -0.15) is 5.26 Å². The molecule has 1 heterocycles. The quantitative estimate of drug-likeness (QED) is 0.749. The van der Waals surface area contributed by atoms with Crippen LogP contribution in [-0.4, -0.2) is 16.8 Å². The van der Waals surface area contributed by atoms with Gasteiger partial charge in [-0.05, 0) is 17.5 Å². The average molecular weight is 229 g/mol. The number of carbonyl (C=O) groups is 1. The van der Waals surface area contributed by atoms with Crippen molar-refractivity contribution < 1.29 is 4.79 Å². The molecular formula is C13H15N3O. The van der Waals surface area contributed by atoms with E-state index in [0.29, 0.717) is 6.54 Å². The largest absolute Gasteiger partial charge is 0.324 e. The van der Waals surface area contributed by atoms with Gasteiger partial charge >= 0.3 is 0 Å². The molecule has 1 aliphatic heterocycles. The van der Waals surface area contributed by atoms with Crippen molar-refractivity contribution in [2.24, 2.45) is 5.92 Å². The number of nitrogens with zero attached hydrogens (tertiary/aromatic N) is 2. The van der Waals surface area contributed by atoms with E-state index in [1.54, 1.807) is 4.90 Å². The van der Waals surface area contributed by atoms with Crippen LogP contribution in [0, 0.1) is 17.4 Å². The summed E-state index contributed by atoms with van der Waals surface area (Å²) in [4.78, 5) is 13.6. The van der Waals surface area contributed by atoms with Crippen molar-refractivity contribution in [1.82, 2.24) is 4.90 Å². The molecule has 0 saturated heterocycles. The summed E-state index contributed by atoms with van der Waals surface area (Å²) in [5.74, 6) is -0.00420. The Morgan fingerprint density at radius 2 is 2.18 bits per heavy atom. The second kappa shape index (κ2) is 4.46. The number of nitrogens with one attached hydrogen (secondary N) is 1. The predicted octanol–water partition coefficient (Wildman–Crippen LogP) is 1.95. The number of anilines is 1. The van der Waals surface area contributed by atoms with Crippen molar-refractivity contribution in [1.29, 1.82) is 5.26 Å². The van der Waals surface area contributed by atoms with Crippen LogP contribution in [0.2, 0.25) is 0 Å². The first kappa shape index (κ1) is 11.5. The first-order chi connectivity index (χ1) is 8.13. The minimum absolute atomic E-state index is 0.101. The van der Waals surface area contributed by atoms with Gasteiger partial charge in [0.15, 0.2) is 6.19 Å². The van der Waals surface area contributed by atoms with E-state index >= 15 is 0 Å². The molecule has 4 nitrogen and oxygen atoms in total. The van der Waals surface area contributed by atoms with E-state index in [1.807, 2.05) is 38.1 Å². The van der Waals surface area contributed by atoms with Crippen LogP contribution in [0.15, 0.2) is 24.3 Å². The molecule has 0 fully saturated rings. The lowest BCUT2D eigenvalue weighted by Crippen LogP contribution is -2.42. The maximum Gasteiger partial charge on any atom is 0.248 e. The van der Waals surface area contributed by atoms with Gasteiger partial charge in [0, 0.05) is 5.69 Å². The van der Waals surface area contributed by atoms with Crippen LogP contribution in [0.25, 0.3) is 0 Å². The second-order valence-corrected chi connectivity index (χ2v) is 4.56. The van der Waals surface area contributed by atoms with Crippen LogP contribution in [-0.2, 0) is 11.3 Å². The molecule has 0 aromatic heterocycles. The highest BCUT2D eigenvalue weighted by Crippen LogP contribution is 2.25. The number of para-hydroxylation sites is 1. The minimum atomic E-state index is -0.396. The van der Waals surface area contributed by atoms with E-state index in [1.165, 1.54) is 0 Å². The molecule has 0 radical (unpaired) electrons. The van der Waals surface area contributed by atoms with Gasteiger partial charge in [-0.25, -0.2) is 0 Å². The minimum Gasteiger partial charge on any atom is -0.324 e. The molecule has 1 aromatic carbocycles. The van der Waals surface area contributed by atoms with Gasteiger partial charge in [-0.3, -0.25) is 9.69 Å². The fourth-order valence-electron chi connectivity index (χ4n) is 2.17. The van der Waals surface area contributed by atoms with Crippen LogP contribution in [0.5, 0.6) is 0 Å². The molecule has 1 aromatic rings. The molecule has 0 bridgehead atoms. The van der Waals surface area contributed by atoms with E-state index in [9.17, 15) is 10.1 Å². The van der Waals surface area contributed by atoms with Gasteiger partial charge in [0.05, 0.1) is 6.54 Å². The highest BCUT2D eigenvalue weighted by molar-refractivity contribution is 5.96. The van der Waals surface area contributed by atoms with Crippen molar-refractivity contribution >= 4 is 11.6 Å². The van der Waals surface area contributed by atoms with E-state index in [2.05, 4.69) is 11.5 Å². The van der Waals surface area contributed by atoms with Gasteiger partial charge in [0.1, 0.15) is 6.04 Å². The summed E-state index contributed by atoms with van der Waals surface area (Å²) in [6, 6.07) is 7.20. The molecule has 1 unspecified atom stereocenters. The number of fused-ring (bicyclic) bond motifs is 1. The zero-order chi connectivity index (χ0) is 12.4. The highest BCUT2D eigenvalue weighted by Gasteiger charge is 2.31. The van der Waals surface area contributed by atoms with Crippen molar-refractivity contribution in [2.45, 2.75) is 26.4 Å². The molecule has 1 N–H and O–H groups in total. The third-order valence-electron chi connectivity index (χ3n) is 2.98. The van der Waals surface area contributed by atoms with E-state index in [4.69, 9.17) is 0 Å². The monoisotopic (exact) mass is 229 g/mol. The number of rotatable bonds is 1. The SMILES string of the molecule is CC(C)C1C(=O)Nc2ccccc2CN1C#N. The first-order valence-electron chi connectivity index (χ1n) is 5.68. The van der Waals surface area contributed by atoms with Crippen LogP contribution in [0.3, 0.4) is 0 Å². The summed E-state index contributed by atoms with van der Waals surface area (Å²) < 4.78 is 0. The van der Waals surface area contributed by atoms with Crippen LogP contribution >= 0.6 is 0 Å². The van der Waals surface area contributed by atoms with Crippen molar-refractivity contribution in [3.05, 3.63) is 29.8 Å². The molecule has 2 rings (SSSR count). The summed E-state index contributed by atoms with van der Waals surface area (Å²) in [6.45, 7) is 4.38. The second-order valence-electron chi connectivity index (χ2n) is 4.56. The average Bonchev–Trinajstić information content (AvgIpc) is 2.43. The number of carbonyl (C=O) groups excluding carboxylic acids is 1. The Bertz CT molecular complexity index is 476. The Balaban J connectivity index is 2.41. The number of amides is 1. The van der Waals surface area contributed by atoms with Crippen molar-refractivity contribution in [3.63, 3.8) is 0 Å². The number of hydrogen-bond acceptors (Lipinski definition) is 3. The molecule has 17 heavy (non-hydrogen) atoms. The van der Waals surface area contributed by atoms with Crippen LogP contribution in [0.1, 0.15) is 19.4 Å². The Labute approximate surface area is 101 Å². The lowest BCUT2D eigenvalue weighted by atomic mass is 10.0. The Morgan fingerprint density at radius 1 is 1.47 bits per heavy atom. The molecule has 1 atom stereocenters. The molecule has 1 aliphatic rings. The highest BCUT2D eigenvalue weighted by atomic mass is 16.2. The molecule has 0 saturated carbocycles. The normalized spacial score (nSPS) is 19.3. The summed E-state index contributed by atoms with van der Waals surface area (Å²) >= 11 is 0. The van der Waals surface area contributed by atoms with E-state index < -0.39 is 6.04 Å². The molecule has 1 amide bonds. The zero-order valence-corrected chi connectivity index (χ0v) is 9.97. The molecule has 4 heteroatoms. The van der Waals surface area contributed by atoms with Crippen LogP contribution < -0.4 is 5.32 Å². The molecule has 88 valence electrons. The van der Waals surface area contributed by atoms with Crippen molar-refractivity contribution in [2.75, 3.05) is 5.32 Å². The maximum absolute atomic E-state index is 12.1.